The Morgan fingerprint density at radius 2 is 0.870 bits per heavy atom. The fraction of sp³-hybridized carbons (Fsp3) is 0.0213. The van der Waals surface area contributed by atoms with Crippen LogP contribution < -0.4 is 0 Å². The second kappa shape index (κ2) is 13.1. The molecule has 247 valence electrons. The third-order valence-corrected chi connectivity index (χ3v) is 10.6. The van der Waals surface area contributed by atoms with Gasteiger partial charge < -0.3 is 0 Å². The van der Waals surface area contributed by atoms with E-state index in [-0.39, 0.29) is 0 Å². The summed E-state index contributed by atoms with van der Waals surface area (Å²) in [5, 5.41) is 4.72. The van der Waals surface area contributed by atoms with Crippen LogP contribution in [0.2, 0.25) is 0 Å². The second-order valence-corrected chi connectivity index (χ2v) is 13.7. The molecule has 4 nitrogen and oxygen atoms in total. The van der Waals surface area contributed by atoms with Crippen LogP contribution in [0.4, 0.5) is 0 Å². The van der Waals surface area contributed by atoms with Crippen molar-refractivity contribution >= 4 is 66.4 Å². The Kier molecular flexibility index (Phi) is 7.80. The smallest absolute Gasteiger partial charge is 0.145 e. The maximum absolute atomic E-state index is 4.92. The topological polar surface area (TPSA) is 35.6 Å². The van der Waals surface area contributed by atoms with Crippen molar-refractivity contribution in [2.24, 2.45) is 0 Å². The molecule has 0 bridgehead atoms. The molecule has 0 amide bonds. The van der Waals surface area contributed by atoms with Gasteiger partial charge in [0.25, 0.3) is 0 Å². The van der Waals surface area contributed by atoms with Crippen molar-refractivity contribution in [1.29, 1.82) is 0 Å². The minimum Gasteiger partial charge on any atom is -0.294 e. The summed E-state index contributed by atoms with van der Waals surface area (Å²) in [6.07, 6.45) is 4.71. The fourth-order valence-corrected chi connectivity index (χ4v) is 8.26. The molecule has 10 aromatic rings. The lowest BCUT2D eigenvalue weighted by Crippen LogP contribution is -1.97. The highest BCUT2D eigenvalue weighted by atomic mass is 15.1. The van der Waals surface area contributed by atoms with Gasteiger partial charge in [-0.25, -0.2) is 9.97 Å². The van der Waals surface area contributed by atoms with Crippen molar-refractivity contribution in [3.63, 3.8) is 0 Å². The standard InChI is InChI=1S/C47H30N4.B3/c1-3-9-30(10-4-1)32-17-21-44-42(26-32)38-13-7-23-48-46(38)50(44)36-19-15-34-25-35-16-20-37(29-41(35)40(34)28-36)51-45-22-18-33(31-11-5-2-6-12-31)27-43(45)39-14-8-24-49-47(39)51;1-3-2/h1-24,26-29H,25H2;. The number of benzene rings is 6. The molecule has 4 heterocycles. The molecule has 0 saturated heterocycles. The average molecular weight is 683 g/mol. The molecule has 1 aliphatic rings. The van der Waals surface area contributed by atoms with Gasteiger partial charge >= 0.3 is 0 Å². The van der Waals surface area contributed by atoms with E-state index in [0.717, 1.165) is 58.0 Å². The lowest BCUT2D eigenvalue weighted by atomic mass is 9.40. The average Bonchev–Trinajstić information content (AvgIpc) is 3.88. The number of aromatic nitrogens is 4. The van der Waals surface area contributed by atoms with Crippen molar-refractivity contribution < 1.29 is 0 Å². The predicted octanol–water partition coefficient (Wildman–Crippen LogP) is 10.4. The van der Waals surface area contributed by atoms with Crippen molar-refractivity contribution in [3.8, 4) is 44.8 Å². The van der Waals surface area contributed by atoms with Crippen LogP contribution in [-0.2, 0) is 6.42 Å². The van der Waals surface area contributed by atoms with E-state index in [0.29, 0.717) is 0 Å². The molecule has 0 saturated carbocycles. The van der Waals surface area contributed by atoms with E-state index in [1.165, 1.54) is 55.3 Å². The van der Waals surface area contributed by atoms with Gasteiger partial charge in [0.15, 0.2) is 0 Å². The zero-order chi connectivity index (χ0) is 36.2. The number of fused-ring (bicyclic) bond motifs is 9. The zero-order valence-corrected chi connectivity index (χ0v) is 29.4. The quantitative estimate of drug-likeness (QED) is 0.173. The van der Waals surface area contributed by atoms with Crippen molar-refractivity contribution in [2.75, 3.05) is 0 Å². The lowest BCUT2D eigenvalue weighted by molar-refractivity contribution is 1.13. The molecule has 0 fully saturated rings. The molecule has 5 radical (unpaired) electrons. The van der Waals surface area contributed by atoms with Crippen LogP contribution in [0.5, 0.6) is 0 Å². The van der Waals surface area contributed by atoms with Crippen LogP contribution in [0.15, 0.2) is 170 Å². The minimum absolute atomic E-state index is 0.920. The van der Waals surface area contributed by atoms with Gasteiger partial charge in [0.05, 0.1) is 11.0 Å². The van der Waals surface area contributed by atoms with Gasteiger partial charge in [-0.3, -0.25) is 9.13 Å². The molecule has 6 aromatic carbocycles. The second-order valence-electron chi connectivity index (χ2n) is 13.7. The van der Waals surface area contributed by atoms with E-state index >= 15 is 0 Å². The Balaban J connectivity index is 0.00000117. The van der Waals surface area contributed by atoms with E-state index in [4.69, 9.17) is 9.97 Å². The minimum atomic E-state index is 0.920. The molecule has 0 aliphatic heterocycles. The molecule has 4 aromatic heterocycles. The molecule has 0 N–H and O–H groups in total. The third kappa shape index (κ3) is 5.19. The molecule has 7 heteroatoms. The molecule has 11 rings (SSSR count). The summed E-state index contributed by atoms with van der Waals surface area (Å²) in [6.45, 7) is 0. The van der Waals surface area contributed by atoms with E-state index < -0.39 is 0 Å². The first-order valence-electron chi connectivity index (χ1n) is 18.1. The van der Waals surface area contributed by atoms with Gasteiger partial charge in [-0.05, 0) is 124 Å². The van der Waals surface area contributed by atoms with E-state index in [2.05, 4.69) is 170 Å². The molecule has 0 unspecified atom stereocenters. The predicted molar refractivity (Wildman–Crippen MR) is 227 cm³/mol. The van der Waals surface area contributed by atoms with Crippen LogP contribution in [0.1, 0.15) is 11.1 Å². The summed E-state index contributed by atoms with van der Waals surface area (Å²) in [7, 11) is 10.0. The molecular weight excluding hydrogens is 653 g/mol. The monoisotopic (exact) mass is 683 g/mol. The van der Waals surface area contributed by atoms with Gasteiger partial charge in [0.1, 0.15) is 11.3 Å². The normalized spacial score (nSPS) is 11.8. The first-order valence-corrected chi connectivity index (χ1v) is 18.1. The van der Waals surface area contributed by atoms with Crippen molar-refractivity contribution in [1.82, 2.24) is 19.1 Å². The first-order chi connectivity index (χ1) is 26.7. The summed E-state index contributed by atoms with van der Waals surface area (Å²) in [5.41, 5.74) is 16.6. The molecular formula is C47H30B3N4. The SMILES string of the molecule is [B][B][B].c1ccc(-c2ccc3c(c2)c2cccnc2n3-c2ccc3c(c2)-c2cc(-n4c5ccc(-c6ccccc6)cc5c5cccnc54)ccc2C3)cc1. The van der Waals surface area contributed by atoms with Crippen molar-refractivity contribution in [2.45, 2.75) is 6.42 Å². The highest BCUT2D eigenvalue weighted by molar-refractivity contribution is 7.17. The molecule has 0 spiro atoms. The summed E-state index contributed by atoms with van der Waals surface area (Å²) in [5.74, 6) is 0. The number of nitrogens with zero attached hydrogens (tertiary/aromatic N) is 4. The van der Waals surface area contributed by atoms with Crippen LogP contribution >= 0.6 is 0 Å². The van der Waals surface area contributed by atoms with Crippen LogP contribution in [-0.4, -0.2) is 41.6 Å². The van der Waals surface area contributed by atoms with E-state index in [9.17, 15) is 0 Å². The lowest BCUT2D eigenvalue weighted by Gasteiger charge is -2.12. The van der Waals surface area contributed by atoms with E-state index in [1.807, 2.05) is 24.5 Å². The Bertz CT molecular complexity index is 2820. The Labute approximate surface area is 316 Å². The fourth-order valence-electron chi connectivity index (χ4n) is 8.26. The summed E-state index contributed by atoms with van der Waals surface area (Å²) >= 11 is 0. The molecule has 0 atom stereocenters. The number of rotatable bonds is 4. The van der Waals surface area contributed by atoms with Gasteiger partial charge in [-0.2, -0.15) is 0 Å². The van der Waals surface area contributed by atoms with Gasteiger partial charge in [-0.15, -0.1) is 0 Å². The Morgan fingerprint density at radius 1 is 0.426 bits per heavy atom. The molecule has 54 heavy (non-hydrogen) atoms. The number of pyridine rings is 2. The van der Waals surface area contributed by atoms with E-state index in [1.54, 1.807) is 0 Å². The highest BCUT2D eigenvalue weighted by Crippen LogP contribution is 2.42. The zero-order valence-electron chi connectivity index (χ0n) is 29.4. The van der Waals surface area contributed by atoms with Crippen molar-refractivity contribution in [3.05, 3.63) is 181 Å². The van der Waals surface area contributed by atoms with Crippen LogP contribution in [0, 0.1) is 0 Å². The maximum Gasteiger partial charge on any atom is 0.145 e. The number of hydrogen-bond acceptors (Lipinski definition) is 2. The Morgan fingerprint density at radius 3 is 1.31 bits per heavy atom. The summed E-state index contributed by atoms with van der Waals surface area (Å²) in [4.78, 5) is 9.84. The third-order valence-electron chi connectivity index (χ3n) is 10.6. The Hall–Kier alpha value is -6.59. The van der Waals surface area contributed by atoms with Gasteiger partial charge in [-0.1, -0.05) is 84.9 Å². The van der Waals surface area contributed by atoms with Gasteiger partial charge in [0, 0.05) is 67.8 Å². The van der Waals surface area contributed by atoms with Gasteiger partial charge in [0.2, 0.25) is 0 Å². The molecule has 1 aliphatic carbocycles. The largest absolute Gasteiger partial charge is 0.294 e. The summed E-state index contributed by atoms with van der Waals surface area (Å²) in [6, 6.07) is 57.0. The van der Waals surface area contributed by atoms with Crippen LogP contribution in [0.25, 0.3) is 88.6 Å². The summed E-state index contributed by atoms with van der Waals surface area (Å²) < 4.78 is 4.64. The van der Waals surface area contributed by atoms with Crippen LogP contribution in [0.3, 0.4) is 0 Å². The number of hydrogen-bond donors (Lipinski definition) is 0. The maximum atomic E-state index is 4.92. The first kappa shape index (κ1) is 32.1. The highest BCUT2D eigenvalue weighted by Gasteiger charge is 2.23.